The number of fused-ring (bicyclic) bond motifs is 1. The van der Waals surface area contributed by atoms with Crippen LogP contribution >= 0.6 is 0 Å². The topological polar surface area (TPSA) is 81.5 Å². The highest BCUT2D eigenvalue weighted by Gasteiger charge is 2.38. The molecule has 0 aliphatic carbocycles. The molecule has 8 heteroatoms. The van der Waals surface area contributed by atoms with Gasteiger partial charge in [-0.05, 0) is 29.7 Å². The van der Waals surface area contributed by atoms with Crippen LogP contribution in [0.5, 0.6) is 0 Å². The second kappa shape index (κ2) is 7.47. The van der Waals surface area contributed by atoms with Gasteiger partial charge in [0.15, 0.2) is 0 Å². The fourth-order valence-corrected chi connectivity index (χ4v) is 4.51. The molecule has 0 bridgehead atoms. The van der Waals surface area contributed by atoms with Crippen molar-refractivity contribution < 1.29 is 17.9 Å². The molecule has 0 N–H and O–H groups in total. The minimum atomic E-state index is -4.34. The highest BCUT2D eigenvalue weighted by Crippen LogP contribution is 2.34. The summed E-state index contributed by atoms with van der Waals surface area (Å²) in [5, 5.41) is 2.97. The first-order valence-electron chi connectivity index (χ1n) is 8.86. The molecule has 2 heterocycles. The van der Waals surface area contributed by atoms with Crippen molar-refractivity contribution in [1.29, 1.82) is 0 Å². The Kier molecular flexibility index (Phi) is 4.87. The van der Waals surface area contributed by atoms with Crippen molar-refractivity contribution in [2.24, 2.45) is 0 Å². The van der Waals surface area contributed by atoms with Gasteiger partial charge in [-0.25, -0.2) is 4.79 Å². The largest absolute Gasteiger partial charge is 0.448 e. The zero-order chi connectivity index (χ0) is 19.6. The third-order valence-electron chi connectivity index (χ3n) is 4.69. The van der Waals surface area contributed by atoms with E-state index < -0.39 is 15.3 Å². The number of nitrogens with zero attached hydrogens (tertiary/aromatic N) is 3. The predicted molar refractivity (Wildman–Crippen MR) is 104 cm³/mol. The van der Waals surface area contributed by atoms with Crippen LogP contribution in [0.2, 0.25) is 0 Å². The molecule has 0 amide bonds. The number of ether oxygens (including phenoxy) is 1. The molecule has 0 fully saturated rings. The van der Waals surface area contributed by atoms with Crippen LogP contribution in [0.4, 0.5) is 10.5 Å². The van der Waals surface area contributed by atoms with E-state index in [1.54, 1.807) is 59.5 Å². The lowest BCUT2D eigenvalue weighted by Crippen LogP contribution is -2.44. The Morgan fingerprint density at radius 3 is 2.57 bits per heavy atom. The lowest BCUT2D eigenvalue weighted by molar-refractivity contribution is 0.165. The fraction of sp³-hybridized carbons (Fsp3) is 0.200. The number of hydrogen-bond donors (Lipinski definition) is 0. The lowest BCUT2D eigenvalue weighted by atomic mass is 10.00. The zero-order valence-electron chi connectivity index (χ0n) is 15.0. The van der Waals surface area contributed by atoms with Crippen LogP contribution in [0, 0.1) is 0 Å². The maximum absolute atomic E-state index is 13.0. The highest BCUT2D eigenvalue weighted by molar-refractivity contribution is 8.06. The first-order chi connectivity index (χ1) is 13.6. The van der Waals surface area contributed by atoms with Gasteiger partial charge in [0.1, 0.15) is 6.61 Å². The summed E-state index contributed by atoms with van der Waals surface area (Å²) in [5.74, 6) is 0. The number of para-hydroxylation sites is 1. The molecule has 0 saturated heterocycles. The number of carbonyl (C=O) groups is 1. The number of carbonyl (C=O) groups excluding carboxylic acids is 1. The first kappa shape index (κ1) is 18.2. The summed E-state index contributed by atoms with van der Waals surface area (Å²) in [4.78, 5) is 12.5. The fourth-order valence-electron chi connectivity index (χ4n) is 3.32. The maximum Gasteiger partial charge on any atom is 0.445 e. The molecule has 0 unspecified atom stereocenters. The number of hydrogen-bond acceptors (Lipinski definition) is 5. The summed E-state index contributed by atoms with van der Waals surface area (Å²) >= 11 is 0. The zero-order valence-corrected chi connectivity index (χ0v) is 15.8. The Morgan fingerprint density at radius 2 is 1.82 bits per heavy atom. The smallest absolute Gasteiger partial charge is 0.445 e. The molecular formula is C20H19N3O4S. The Labute approximate surface area is 163 Å². The molecule has 4 rings (SSSR count). The average molecular weight is 397 g/mol. The van der Waals surface area contributed by atoms with E-state index in [4.69, 9.17) is 4.74 Å². The van der Waals surface area contributed by atoms with Gasteiger partial charge < -0.3 is 4.74 Å². The van der Waals surface area contributed by atoms with Crippen LogP contribution in [0.25, 0.3) is 0 Å². The maximum atomic E-state index is 13.0. The molecule has 1 atom stereocenters. The van der Waals surface area contributed by atoms with Crippen molar-refractivity contribution in [3.8, 4) is 0 Å². The molecule has 144 valence electrons. The van der Waals surface area contributed by atoms with Crippen molar-refractivity contribution in [3.63, 3.8) is 0 Å². The predicted octanol–water partition coefficient (Wildman–Crippen LogP) is 3.15. The van der Waals surface area contributed by atoms with Gasteiger partial charge in [-0.15, -0.1) is 0 Å². The monoisotopic (exact) mass is 397 g/mol. The van der Waals surface area contributed by atoms with E-state index in [-0.39, 0.29) is 19.2 Å². The Morgan fingerprint density at radius 1 is 1.07 bits per heavy atom. The molecule has 0 spiro atoms. The third-order valence-corrected chi connectivity index (χ3v) is 6.16. The molecule has 3 aromatic rings. The van der Waals surface area contributed by atoms with Crippen molar-refractivity contribution in [2.45, 2.75) is 19.1 Å². The van der Waals surface area contributed by atoms with E-state index in [1.807, 2.05) is 18.2 Å². The van der Waals surface area contributed by atoms with Crippen LogP contribution in [0.1, 0.15) is 17.2 Å². The van der Waals surface area contributed by atoms with Crippen molar-refractivity contribution >= 4 is 21.0 Å². The molecule has 7 nitrogen and oxygen atoms in total. The van der Waals surface area contributed by atoms with Gasteiger partial charge in [0, 0.05) is 12.4 Å². The Bertz CT molecular complexity index is 1070. The number of aromatic nitrogens is 2. The molecule has 2 aromatic carbocycles. The van der Waals surface area contributed by atoms with E-state index in [9.17, 15) is 13.2 Å². The van der Waals surface area contributed by atoms with Crippen LogP contribution < -0.4 is 4.31 Å². The Balaban J connectivity index is 1.60. The highest BCUT2D eigenvalue weighted by atomic mass is 32.2. The minimum Gasteiger partial charge on any atom is -0.448 e. The number of sulfonamides is 1. The molecule has 0 saturated carbocycles. The van der Waals surface area contributed by atoms with Gasteiger partial charge >= 0.3 is 15.3 Å². The van der Waals surface area contributed by atoms with Gasteiger partial charge in [-0.2, -0.15) is 13.5 Å². The molecule has 0 radical (unpaired) electrons. The molecule has 28 heavy (non-hydrogen) atoms. The summed E-state index contributed by atoms with van der Waals surface area (Å²) in [5.41, 5.74) is 2.07. The second-order valence-electron chi connectivity index (χ2n) is 6.53. The van der Waals surface area contributed by atoms with Gasteiger partial charge in [0.2, 0.25) is 0 Å². The second-order valence-corrected chi connectivity index (χ2v) is 8.26. The number of anilines is 1. The number of rotatable bonds is 4. The molecule has 1 aromatic heterocycles. The third kappa shape index (κ3) is 3.50. The van der Waals surface area contributed by atoms with Crippen LogP contribution in [-0.2, 0) is 27.8 Å². The van der Waals surface area contributed by atoms with Crippen LogP contribution in [-0.4, -0.2) is 30.0 Å². The van der Waals surface area contributed by atoms with Crippen molar-refractivity contribution in [1.82, 2.24) is 9.78 Å². The normalized spacial score (nSPS) is 16.4. The SMILES string of the molecule is O=C(OCc1ccccc1)S(=O)(=O)N1C[C@H](n2cccn2)Cc2ccccc21. The molecule has 1 aliphatic heterocycles. The first-order valence-corrected chi connectivity index (χ1v) is 10.3. The van der Waals surface area contributed by atoms with Crippen LogP contribution in [0.15, 0.2) is 73.1 Å². The van der Waals surface area contributed by atoms with Crippen molar-refractivity contribution in [3.05, 3.63) is 84.2 Å². The lowest BCUT2D eigenvalue weighted by Gasteiger charge is -2.34. The summed E-state index contributed by atoms with van der Waals surface area (Å²) < 4.78 is 34.0. The molecule has 1 aliphatic rings. The molecular weight excluding hydrogens is 378 g/mol. The van der Waals surface area contributed by atoms with Gasteiger partial charge in [0.05, 0.1) is 18.3 Å². The van der Waals surface area contributed by atoms with Crippen LogP contribution in [0.3, 0.4) is 0 Å². The van der Waals surface area contributed by atoms with E-state index in [1.165, 1.54) is 0 Å². The van der Waals surface area contributed by atoms with Gasteiger partial charge in [0.25, 0.3) is 0 Å². The minimum absolute atomic E-state index is 0.100. The van der Waals surface area contributed by atoms with Crippen molar-refractivity contribution in [2.75, 3.05) is 10.8 Å². The van der Waals surface area contributed by atoms with E-state index in [0.29, 0.717) is 12.1 Å². The number of benzene rings is 2. The summed E-state index contributed by atoms with van der Waals surface area (Å²) in [6.07, 6.45) is 4.06. The Hall–Kier alpha value is -3.13. The summed E-state index contributed by atoms with van der Waals surface area (Å²) in [7, 11) is -4.34. The summed E-state index contributed by atoms with van der Waals surface area (Å²) in [6, 6.07) is 17.7. The quantitative estimate of drug-likeness (QED) is 0.632. The average Bonchev–Trinajstić information content (AvgIpc) is 3.26. The summed E-state index contributed by atoms with van der Waals surface area (Å²) in [6.45, 7) is 0.0123. The standard InChI is InChI=1S/C20H19N3O4S/c24-20(27-15-16-7-2-1-3-8-16)28(25,26)23-14-18(22-12-6-11-21-22)13-17-9-4-5-10-19(17)23/h1-12,18H,13-15H2/t18-/m1/s1. The van der Waals surface area contributed by atoms with E-state index >= 15 is 0 Å². The van der Waals surface area contributed by atoms with E-state index in [2.05, 4.69) is 5.10 Å². The van der Waals surface area contributed by atoms with E-state index in [0.717, 1.165) is 15.4 Å². The van der Waals surface area contributed by atoms with Gasteiger partial charge in [-0.3, -0.25) is 8.99 Å². The van der Waals surface area contributed by atoms with Gasteiger partial charge in [-0.1, -0.05) is 48.5 Å².